The average molecular weight is 526 g/mol. The van der Waals surface area contributed by atoms with Gasteiger partial charge in [-0.2, -0.15) is 0 Å². The molecule has 0 bridgehead atoms. The van der Waals surface area contributed by atoms with Crippen LogP contribution < -0.4 is 21.1 Å². The van der Waals surface area contributed by atoms with Crippen molar-refractivity contribution in [3.8, 4) is 5.75 Å². The predicted molar refractivity (Wildman–Crippen MR) is 128 cm³/mol. The van der Waals surface area contributed by atoms with Crippen LogP contribution in [0.25, 0.3) is 10.9 Å². The zero-order valence-electron chi connectivity index (χ0n) is 17.7. The summed E-state index contributed by atoms with van der Waals surface area (Å²) in [6.07, 6.45) is 1.35. The van der Waals surface area contributed by atoms with E-state index in [1.165, 1.54) is 6.33 Å². The number of nitrogens with zero attached hydrogens (tertiary/aromatic N) is 3. The first-order valence-corrected chi connectivity index (χ1v) is 10.8. The Morgan fingerprint density at radius 2 is 2.09 bits per heavy atom. The Balaban J connectivity index is 1.78. The second-order valence-corrected chi connectivity index (χ2v) is 8.73. The highest BCUT2D eigenvalue weighted by atomic mass is 79.9. The maximum Gasteiger partial charge on any atom is 0.234 e. The van der Waals surface area contributed by atoms with Gasteiger partial charge in [0.15, 0.2) is 5.82 Å². The fourth-order valence-electron chi connectivity index (χ4n) is 2.94. The van der Waals surface area contributed by atoms with E-state index in [2.05, 4.69) is 36.5 Å². The normalized spacial score (nSPS) is 12.1. The number of likely N-dealkylation sites (N-methyl/N-ethyl adjacent to an activating group) is 1. The average Bonchev–Trinajstić information content (AvgIpc) is 2.72. The van der Waals surface area contributed by atoms with E-state index >= 15 is 0 Å². The number of carbonyl (C=O) groups excluding carboxylic acids is 1. The molecule has 1 aromatic heterocycles. The van der Waals surface area contributed by atoms with Gasteiger partial charge < -0.3 is 26.0 Å². The number of hydrogen-bond donors (Lipinski definition) is 3. The predicted octanol–water partition coefficient (Wildman–Crippen LogP) is 3.96. The highest BCUT2D eigenvalue weighted by molar-refractivity contribution is 9.10. The SMILES string of the molecule is CC(COc1cc2ncnc(Nc3ccc(Br)c(Cl)c3F)c2cc1N)NC(=O)CN(C)C. The summed E-state index contributed by atoms with van der Waals surface area (Å²) in [4.78, 5) is 22.1. The Morgan fingerprint density at radius 1 is 1.34 bits per heavy atom. The van der Waals surface area contributed by atoms with Crippen molar-refractivity contribution >= 4 is 61.5 Å². The summed E-state index contributed by atoms with van der Waals surface area (Å²) in [5.41, 5.74) is 7.25. The number of hydrogen-bond acceptors (Lipinski definition) is 7. The van der Waals surface area contributed by atoms with Gasteiger partial charge in [0.05, 0.1) is 34.5 Å². The molecule has 0 radical (unpaired) electrons. The number of amides is 1. The fourth-order valence-corrected chi connectivity index (χ4v) is 3.41. The van der Waals surface area contributed by atoms with Crippen molar-refractivity contribution < 1.29 is 13.9 Å². The van der Waals surface area contributed by atoms with E-state index in [0.29, 0.717) is 39.2 Å². The van der Waals surface area contributed by atoms with Crippen molar-refractivity contribution in [2.45, 2.75) is 13.0 Å². The third kappa shape index (κ3) is 5.76. The van der Waals surface area contributed by atoms with Gasteiger partial charge in [-0.15, -0.1) is 0 Å². The fraction of sp³-hybridized carbons (Fsp3) is 0.286. The lowest BCUT2D eigenvalue weighted by atomic mass is 10.2. The van der Waals surface area contributed by atoms with Gasteiger partial charge in [0.2, 0.25) is 5.91 Å². The number of aromatic nitrogens is 2. The van der Waals surface area contributed by atoms with E-state index in [1.807, 2.05) is 21.0 Å². The number of rotatable bonds is 8. The second kappa shape index (κ2) is 10.3. The molecule has 1 atom stereocenters. The standard InChI is InChI=1S/C21H23BrClFN6O2/c1-11(28-18(31)8-30(2)3)9-32-17-7-16-12(6-14(17)25)21(27-10-26-16)29-15-5-4-13(22)19(23)20(15)24/h4-7,10-11H,8-9,25H2,1-3H3,(H,28,31)(H,26,27,29). The zero-order chi connectivity index (χ0) is 23.4. The summed E-state index contributed by atoms with van der Waals surface area (Å²) >= 11 is 9.16. The van der Waals surface area contributed by atoms with Gasteiger partial charge >= 0.3 is 0 Å². The molecule has 1 unspecified atom stereocenters. The second-order valence-electron chi connectivity index (χ2n) is 7.49. The Bertz CT molecular complexity index is 1150. The molecule has 170 valence electrons. The number of nitrogen functional groups attached to an aromatic ring is 1. The molecule has 3 aromatic rings. The van der Waals surface area contributed by atoms with Crippen LogP contribution in [-0.2, 0) is 4.79 Å². The molecule has 0 aliphatic heterocycles. The highest BCUT2D eigenvalue weighted by Gasteiger charge is 2.15. The van der Waals surface area contributed by atoms with Crippen LogP contribution in [0.2, 0.25) is 5.02 Å². The molecule has 0 aliphatic carbocycles. The molecule has 11 heteroatoms. The van der Waals surface area contributed by atoms with Crippen LogP contribution in [0.1, 0.15) is 6.92 Å². The number of ether oxygens (including phenoxy) is 1. The smallest absolute Gasteiger partial charge is 0.234 e. The van der Waals surface area contributed by atoms with Crippen LogP contribution in [0.4, 0.5) is 21.6 Å². The molecule has 0 saturated carbocycles. The first-order chi connectivity index (χ1) is 15.2. The third-order valence-electron chi connectivity index (χ3n) is 4.41. The Morgan fingerprint density at radius 3 is 2.81 bits per heavy atom. The lowest BCUT2D eigenvalue weighted by Gasteiger charge is -2.18. The Hall–Kier alpha value is -2.69. The van der Waals surface area contributed by atoms with E-state index in [1.54, 1.807) is 29.2 Å². The lowest BCUT2D eigenvalue weighted by molar-refractivity contribution is -0.122. The van der Waals surface area contributed by atoms with Crippen LogP contribution >= 0.6 is 27.5 Å². The Kier molecular flexibility index (Phi) is 7.70. The topological polar surface area (TPSA) is 105 Å². The van der Waals surface area contributed by atoms with Crippen LogP contribution in [0.5, 0.6) is 5.75 Å². The molecule has 32 heavy (non-hydrogen) atoms. The summed E-state index contributed by atoms with van der Waals surface area (Å²) in [6, 6.07) is 6.30. The molecular formula is C21H23BrClFN6O2. The van der Waals surface area contributed by atoms with Crippen LogP contribution in [-0.4, -0.2) is 54.1 Å². The van der Waals surface area contributed by atoms with E-state index in [9.17, 15) is 9.18 Å². The highest BCUT2D eigenvalue weighted by Crippen LogP contribution is 2.34. The van der Waals surface area contributed by atoms with E-state index in [-0.39, 0.29) is 29.3 Å². The number of carbonyl (C=O) groups is 1. The van der Waals surface area contributed by atoms with Crippen molar-refractivity contribution in [2.75, 3.05) is 38.3 Å². The maximum atomic E-state index is 14.5. The van der Waals surface area contributed by atoms with E-state index in [0.717, 1.165) is 0 Å². The molecule has 2 aromatic carbocycles. The molecule has 1 heterocycles. The molecule has 1 amide bonds. The summed E-state index contributed by atoms with van der Waals surface area (Å²) in [6.45, 7) is 2.36. The molecule has 8 nitrogen and oxygen atoms in total. The molecule has 0 saturated heterocycles. The van der Waals surface area contributed by atoms with Gasteiger partial charge in [-0.05, 0) is 55.1 Å². The van der Waals surface area contributed by atoms with E-state index < -0.39 is 5.82 Å². The number of halogens is 3. The third-order valence-corrected chi connectivity index (χ3v) is 5.67. The molecule has 0 fully saturated rings. The number of fused-ring (bicyclic) bond motifs is 1. The number of nitrogens with two attached hydrogens (primary N) is 1. The molecule has 4 N–H and O–H groups in total. The minimum atomic E-state index is -0.606. The van der Waals surface area contributed by atoms with Crippen molar-refractivity contribution in [1.82, 2.24) is 20.2 Å². The van der Waals surface area contributed by atoms with Gasteiger partial charge in [0.1, 0.15) is 24.5 Å². The van der Waals surface area contributed by atoms with Gasteiger partial charge in [0, 0.05) is 15.9 Å². The van der Waals surface area contributed by atoms with Crippen molar-refractivity contribution in [3.05, 3.63) is 45.9 Å². The van der Waals surface area contributed by atoms with E-state index in [4.69, 9.17) is 22.1 Å². The largest absolute Gasteiger partial charge is 0.489 e. The van der Waals surface area contributed by atoms with Gasteiger partial charge in [-0.25, -0.2) is 14.4 Å². The maximum absolute atomic E-state index is 14.5. The molecule has 3 rings (SSSR count). The van der Waals surface area contributed by atoms with Crippen molar-refractivity contribution in [2.24, 2.45) is 0 Å². The molecule has 0 aliphatic rings. The number of anilines is 3. The number of nitrogens with one attached hydrogen (secondary N) is 2. The van der Waals surface area contributed by atoms with Crippen LogP contribution in [0.3, 0.4) is 0 Å². The molecular weight excluding hydrogens is 503 g/mol. The van der Waals surface area contributed by atoms with Gasteiger partial charge in [-0.3, -0.25) is 4.79 Å². The minimum Gasteiger partial charge on any atom is -0.489 e. The summed E-state index contributed by atoms with van der Waals surface area (Å²) in [7, 11) is 3.64. The van der Waals surface area contributed by atoms with Gasteiger partial charge in [-0.1, -0.05) is 11.6 Å². The summed E-state index contributed by atoms with van der Waals surface area (Å²) in [5, 5.41) is 6.35. The monoisotopic (exact) mass is 524 g/mol. The van der Waals surface area contributed by atoms with Gasteiger partial charge in [0.25, 0.3) is 0 Å². The van der Waals surface area contributed by atoms with Crippen LogP contribution in [0, 0.1) is 5.82 Å². The first-order valence-electron chi connectivity index (χ1n) is 9.67. The zero-order valence-corrected chi connectivity index (χ0v) is 20.1. The molecule has 0 spiro atoms. The quantitative estimate of drug-likeness (QED) is 0.302. The minimum absolute atomic E-state index is 0.0321. The van der Waals surface area contributed by atoms with Crippen LogP contribution in [0.15, 0.2) is 35.1 Å². The first kappa shape index (κ1) is 24.0. The lowest BCUT2D eigenvalue weighted by Crippen LogP contribution is -2.41. The summed E-state index contributed by atoms with van der Waals surface area (Å²) in [5.74, 6) is 0.0935. The Labute approximate surface area is 198 Å². The van der Waals surface area contributed by atoms with Crippen molar-refractivity contribution in [1.29, 1.82) is 0 Å². The van der Waals surface area contributed by atoms with Crippen molar-refractivity contribution in [3.63, 3.8) is 0 Å². The number of benzene rings is 2. The summed E-state index contributed by atoms with van der Waals surface area (Å²) < 4.78 is 20.7.